The third-order valence-electron chi connectivity index (χ3n) is 5.07. The van der Waals surface area contributed by atoms with Crippen molar-refractivity contribution < 1.29 is 4.79 Å². The first-order chi connectivity index (χ1) is 13.2. The van der Waals surface area contributed by atoms with Crippen LogP contribution in [0, 0.1) is 0 Å². The summed E-state index contributed by atoms with van der Waals surface area (Å²) in [5, 5.41) is 3.17. The Morgan fingerprint density at radius 2 is 1.89 bits per heavy atom. The maximum Gasteiger partial charge on any atom is 0.244 e. The van der Waals surface area contributed by atoms with Crippen molar-refractivity contribution in [2.75, 3.05) is 13.1 Å². The summed E-state index contributed by atoms with van der Waals surface area (Å²) in [5.74, 6) is 0.0451. The van der Waals surface area contributed by atoms with Crippen molar-refractivity contribution >= 4 is 5.91 Å². The van der Waals surface area contributed by atoms with E-state index >= 15 is 0 Å². The number of benzene rings is 1. The van der Waals surface area contributed by atoms with Crippen molar-refractivity contribution in [1.82, 2.24) is 15.2 Å². The second-order valence-corrected chi connectivity index (χ2v) is 7.36. The topological polar surface area (TPSA) is 45.2 Å². The lowest BCUT2D eigenvalue weighted by atomic mass is 10.0. The van der Waals surface area contributed by atoms with Crippen LogP contribution >= 0.6 is 0 Å². The molecule has 1 aromatic carbocycles. The second-order valence-electron chi connectivity index (χ2n) is 7.36. The molecule has 0 aliphatic carbocycles. The van der Waals surface area contributed by atoms with Gasteiger partial charge < -0.3 is 5.32 Å². The van der Waals surface area contributed by atoms with E-state index in [9.17, 15) is 4.79 Å². The number of nitrogens with one attached hydrogen (secondary N) is 1. The predicted molar refractivity (Wildman–Crippen MR) is 109 cm³/mol. The maximum absolute atomic E-state index is 12.3. The number of amides is 1. The summed E-state index contributed by atoms with van der Waals surface area (Å²) in [6.45, 7) is 4.93. The summed E-state index contributed by atoms with van der Waals surface area (Å²) in [4.78, 5) is 19.1. The van der Waals surface area contributed by atoms with Crippen molar-refractivity contribution in [2.24, 2.45) is 0 Å². The zero-order valence-electron chi connectivity index (χ0n) is 16.1. The highest BCUT2D eigenvalue weighted by Gasteiger charge is 2.20. The number of aryl methyl sites for hydroxylation is 1. The molecule has 0 atom stereocenters. The van der Waals surface area contributed by atoms with Crippen molar-refractivity contribution in [2.45, 2.75) is 45.2 Å². The van der Waals surface area contributed by atoms with Crippen molar-refractivity contribution in [3.63, 3.8) is 0 Å². The number of hydrogen-bond acceptors (Lipinski definition) is 3. The minimum Gasteiger partial charge on any atom is -0.350 e. The average molecular weight is 364 g/mol. The first-order valence-electron chi connectivity index (χ1n) is 9.83. The van der Waals surface area contributed by atoms with Crippen LogP contribution in [0.1, 0.15) is 37.4 Å². The van der Waals surface area contributed by atoms with E-state index < -0.39 is 0 Å². The summed E-state index contributed by atoms with van der Waals surface area (Å²) >= 11 is 0. The molecule has 1 aromatic heterocycles. The molecule has 4 nitrogen and oxygen atoms in total. The Balaban J connectivity index is 1.38. The van der Waals surface area contributed by atoms with Gasteiger partial charge in [-0.15, -0.1) is 0 Å². The molecule has 4 heteroatoms. The van der Waals surface area contributed by atoms with Gasteiger partial charge in [0.05, 0.1) is 5.69 Å². The monoisotopic (exact) mass is 363 g/mol. The smallest absolute Gasteiger partial charge is 0.244 e. The number of piperidine rings is 1. The first-order valence-corrected chi connectivity index (χ1v) is 9.83. The van der Waals surface area contributed by atoms with Gasteiger partial charge in [0.1, 0.15) is 0 Å². The van der Waals surface area contributed by atoms with Crippen molar-refractivity contribution in [3.8, 4) is 0 Å². The molecular weight excluding hydrogens is 334 g/mol. The van der Waals surface area contributed by atoms with E-state index in [4.69, 9.17) is 0 Å². The summed E-state index contributed by atoms with van der Waals surface area (Å²) < 4.78 is 0. The number of allylic oxidation sites excluding steroid dienone is 1. The van der Waals surface area contributed by atoms with Crippen LogP contribution < -0.4 is 5.32 Å². The molecule has 27 heavy (non-hydrogen) atoms. The Morgan fingerprint density at radius 1 is 1.15 bits per heavy atom. The molecule has 1 fully saturated rings. The van der Waals surface area contributed by atoms with Crippen LogP contribution in [0.2, 0.25) is 0 Å². The standard InChI is InChI=1S/C23H29N3O/c1-19(10-11-20-7-3-2-4-8-20)17-23(27)25-21-12-15-26(16-13-21)18-22-9-5-6-14-24-22/h2-9,14,17,21H,10-13,15-16,18H2,1H3,(H,25,27)/b19-17-. The lowest BCUT2D eigenvalue weighted by Gasteiger charge is -2.31. The SMILES string of the molecule is C/C(=C/C(=O)NC1CCN(Cc2ccccn2)CC1)CCc1ccccc1. The van der Waals surface area contributed by atoms with Crippen LogP contribution in [0.4, 0.5) is 0 Å². The molecule has 0 bridgehead atoms. The third-order valence-corrected chi connectivity index (χ3v) is 5.07. The summed E-state index contributed by atoms with van der Waals surface area (Å²) in [6.07, 6.45) is 7.49. The number of likely N-dealkylation sites (tertiary alicyclic amines) is 1. The number of carbonyl (C=O) groups excluding carboxylic acids is 1. The highest BCUT2D eigenvalue weighted by Crippen LogP contribution is 2.13. The number of nitrogens with zero attached hydrogens (tertiary/aromatic N) is 2. The van der Waals surface area contributed by atoms with Gasteiger partial charge in [-0.05, 0) is 50.3 Å². The van der Waals surface area contributed by atoms with E-state index in [1.807, 2.05) is 31.3 Å². The predicted octanol–water partition coefficient (Wildman–Crippen LogP) is 3.74. The number of rotatable bonds is 7. The van der Waals surface area contributed by atoms with Crippen LogP contribution in [0.5, 0.6) is 0 Å². The van der Waals surface area contributed by atoms with Gasteiger partial charge in [-0.1, -0.05) is 42.0 Å². The van der Waals surface area contributed by atoms with E-state index in [0.717, 1.165) is 56.6 Å². The number of pyridine rings is 1. The Hall–Kier alpha value is -2.46. The molecule has 3 rings (SSSR count). The Labute approximate surface area is 162 Å². The number of carbonyl (C=O) groups is 1. The minimum absolute atomic E-state index is 0.0451. The van der Waals surface area contributed by atoms with Gasteiger partial charge in [-0.2, -0.15) is 0 Å². The fraction of sp³-hybridized carbons (Fsp3) is 0.391. The lowest BCUT2D eigenvalue weighted by Crippen LogP contribution is -2.44. The fourth-order valence-electron chi connectivity index (χ4n) is 3.48. The van der Waals surface area contributed by atoms with Crippen LogP contribution in [0.25, 0.3) is 0 Å². The zero-order chi connectivity index (χ0) is 18.9. The van der Waals surface area contributed by atoms with Crippen molar-refractivity contribution in [3.05, 3.63) is 77.6 Å². The van der Waals surface area contributed by atoms with Gasteiger partial charge in [-0.25, -0.2) is 0 Å². The van der Waals surface area contributed by atoms with E-state index in [1.165, 1.54) is 5.56 Å². The normalized spacial score (nSPS) is 16.3. The van der Waals surface area contributed by atoms with Gasteiger partial charge in [0.25, 0.3) is 0 Å². The van der Waals surface area contributed by atoms with Gasteiger partial charge in [0.15, 0.2) is 0 Å². The second kappa shape index (κ2) is 10.0. The van der Waals surface area contributed by atoms with E-state index in [1.54, 1.807) is 6.08 Å². The van der Waals surface area contributed by atoms with Crippen LogP contribution in [-0.2, 0) is 17.8 Å². The number of aromatic nitrogens is 1. The first kappa shape index (κ1) is 19.3. The van der Waals surface area contributed by atoms with Gasteiger partial charge in [0.2, 0.25) is 5.91 Å². The van der Waals surface area contributed by atoms with E-state index in [-0.39, 0.29) is 11.9 Å². The van der Waals surface area contributed by atoms with E-state index in [2.05, 4.69) is 45.5 Å². The molecule has 0 radical (unpaired) electrons. The summed E-state index contributed by atoms with van der Waals surface area (Å²) in [5.41, 5.74) is 3.55. The average Bonchev–Trinajstić information content (AvgIpc) is 2.69. The molecule has 0 saturated carbocycles. The molecule has 142 valence electrons. The summed E-state index contributed by atoms with van der Waals surface area (Å²) in [7, 11) is 0. The third kappa shape index (κ3) is 6.65. The van der Waals surface area contributed by atoms with Gasteiger partial charge in [-0.3, -0.25) is 14.7 Å². The molecule has 0 unspecified atom stereocenters. The molecule has 1 amide bonds. The Kier molecular flexibility index (Phi) is 7.17. The van der Waals surface area contributed by atoms with Crippen molar-refractivity contribution in [1.29, 1.82) is 0 Å². The molecular formula is C23H29N3O. The van der Waals surface area contributed by atoms with Gasteiger partial charge in [0, 0.05) is 37.9 Å². The molecule has 2 aromatic rings. The largest absolute Gasteiger partial charge is 0.350 e. The number of hydrogen-bond donors (Lipinski definition) is 1. The fourth-order valence-corrected chi connectivity index (χ4v) is 3.48. The molecule has 1 saturated heterocycles. The highest BCUT2D eigenvalue weighted by atomic mass is 16.1. The van der Waals surface area contributed by atoms with E-state index in [0.29, 0.717) is 0 Å². The molecule has 1 aliphatic rings. The molecule has 2 heterocycles. The van der Waals surface area contributed by atoms with Crippen LogP contribution in [0.3, 0.4) is 0 Å². The molecule has 0 spiro atoms. The zero-order valence-corrected chi connectivity index (χ0v) is 16.1. The quantitative estimate of drug-likeness (QED) is 0.762. The highest BCUT2D eigenvalue weighted by molar-refractivity contribution is 5.88. The lowest BCUT2D eigenvalue weighted by molar-refractivity contribution is -0.117. The minimum atomic E-state index is 0.0451. The summed E-state index contributed by atoms with van der Waals surface area (Å²) in [6, 6.07) is 16.7. The van der Waals surface area contributed by atoms with Crippen LogP contribution in [-0.4, -0.2) is 34.9 Å². The van der Waals surface area contributed by atoms with Gasteiger partial charge >= 0.3 is 0 Å². The Morgan fingerprint density at radius 3 is 2.59 bits per heavy atom. The molecule has 1 N–H and O–H groups in total. The maximum atomic E-state index is 12.3. The molecule has 1 aliphatic heterocycles. The Bertz CT molecular complexity index is 735. The van der Waals surface area contributed by atoms with Crippen LogP contribution in [0.15, 0.2) is 66.4 Å².